The van der Waals surface area contributed by atoms with Gasteiger partial charge >= 0.3 is 0 Å². The van der Waals surface area contributed by atoms with Gasteiger partial charge in [-0.1, -0.05) is 15.9 Å². The standard InChI is InChI=1S/C13H16BrN5/c1-9-6-10(2-3-11(9)14)19-13-7-12(16-5-4-15)17-8-18-13/h2-3,6-8H,4-5,15H2,1H3,(H2,16,17,18,19). The fourth-order valence-electron chi connectivity index (χ4n) is 1.59. The number of benzene rings is 1. The van der Waals surface area contributed by atoms with Crippen molar-refractivity contribution in [3.8, 4) is 0 Å². The summed E-state index contributed by atoms with van der Waals surface area (Å²) < 4.78 is 1.09. The molecule has 19 heavy (non-hydrogen) atoms. The molecule has 0 atom stereocenters. The van der Waals surface area contributed by atoms with E-state index in [1.165, 1.54) is 11.9 Å². The van der Waals surface area contributed by atoms with Gasteiger partial charge in [-0.15, -0.1) is 0 Å². The van der Waals surface area contributed by atoms with Crippen molar-refractivity contribution in [3.05, 3.63) is 40.6 Å². The van der Waals surface area contributed by atoms with Crippen molar-refractivity contribution < 1.29 is 0 Å². The van der Waals surface area contributed by atoms with Crippen LogP contribution >= 0.6 is 15.9 Å². The lowest BCUT2D eigenvalue weighted by Crippen LogP contribution is -2.14. The number of nitrogens with two attached hydrogens (primary N) is 1. The van der Waals surface area contributed by atoms with Crippen LogP contribution in [0.1, 0.15) is 5.56 Å². The van der Waals surface area contributed by atoms with E-state index in [0.29, 0.717) is 13.1 Å². The third kappa shape index (κ3) is 3.90. The first-order valence-electron chi connectivity index (χ1n) is 5.98. The number of hydrogen-bond acceptors (Lipinski definition) is 5. The van der Waals surface area contributed by atoms with E-state index in [2.05, 4.69) is 42.6 Å². The van der Waals surface area contributed by atoms with E-state index < -0.39 is 0 Å². The summed E-state index contributed by atoms with van der Waals surface area (Å²) in [6.45, 7) is 3.30. The summed E-state index contributed by atoms with van der Waals surface area (Å²) in [6.07, 6.45) is 1.52. The van der Waals surface area contributed by atoms with Crippen LogP contribution in [0.15, 0.2) is 35.1 Å². The highest BCUT2D eigenvalue weighted by atomic mass is 79.9. The van der Waals surface area contributed by atoms with Gasteiger partial charge in [0.15, 0.2) is 0 Å². The number of hydrogen-bond donors (Lipinski definition) is 3. The maximum Gasteiger partial charge on any atom is 0.135 e. The van der Waals surface area contributed by atoms with Gasteiger partial charge in [0, 0.05) is 29.3 Å². The summed E-state index contributed by atoms with van der Waals surface area (Å²) in [7, 11) is 0. The number of halogens is 1. The zero-order valence-electron chi connectivity index (χ0n) is 10.7. The predicted molar refractivity (Wildman–Crippen MR) is 81.7 cm³/mol. The minimum absolute atomic E-state index is 0.568. The van der Waals surface area contributed by atoms with Crippen molar-refractivity contribution in [2.45, 2.75) is 6.92 Å². The Morgan fingerprint density at radius 1 is 1.21 bits per heavy atom. The Bertz CT molecular complexity index is 558. The van der Waals surface area contributed by atoms with Gasteiger partial charge in [-0.2, -0.15) is 0 Å². The van der Waals surface area contributed by atoms with Crippen LogP contribution in [0, 0.1) is 6.92 Å². The molecule has 2 aromatic rings. The second-order valence-corrected chi connectivity index (χ2v) is 4.95. The fourth-order valence-corrected chi connectivity index (χ4v) is 1.84. The molecule has 0 aliphatic carbocycles. The highest BCUT2D eigenvalue weighted by Crippen LogP contribution is 2.22. The topological polar surface area (TPSA) is 75.9 Å². The third-order valence-electron chi connectivity index (χ3n) is 2.55. The Balaban J connectivity index is 2.11. The van der Waals surface area contributed by atoms with E-state index in [1.54, 1.807) is 0 Å². The maximum absolute atomic E-state index is 5.44. The summed E-state index contributed by atoms with van der Waals surface area (Å²) in [5, 5.41) is 6.36. The molecule has 100 valence electrons. The number of aromatic nitrogens is 2. The number of nitrogens with zero attached hydrogens (tertiary/aromatic N) is 2. The number of aryl methyl sites for hydroxylation is 1. The molecular weight excluding hydrogens is 306 g/mol. The summed E-state index contributed by atoms with van der Waals surface area (Å²) in [5.74, 6) is 1.51. The van der Waals surface area contributed by atoms with Gasteiger partial charge in [-0.05, 0) is 30.7 Å². The van der Waals surface area contributed by atoms with Crippen LogP contribution in [0.4, 0.5) is 17.3 Å². The van der Waals surface area contributed by atoms with E-state index >= 15 is 0 Å². The molecule has 0 spiro atoms. The number of anilines is 3. The first-order chi connectivity index (χ1) is 9.19. The van der Waals surface area contributed by atoms with Crippen molar-refractivity contribution in [2.75, 3.05) is 23.7 Å². The Kier molecular flexibility index (Phi) is 4.70. The molecule has 6 heteroatoms. The van der Waals surface area contributed by atoms with Crippen LogP contribution in [-0.2, 0) is 0 Å². The van der Waals surface area contributed by atoms with Crippen LogP contribution in [0.5, 0.6) is 0 Å². The quantitative estimate of drug-likeness (QED) is 0.789. The molecule has 0 amide bonds. The molecule has 1 aromatic carbocycles. The second kappa shape index (κ2) is 6.49. The van der Waals surface area contributed by atoms with E-state index in [4.69, 9.17) is 5.73 Å². The van der Waals surface area contributed by atoms with Gasteiger partial charge in [-0.3, -0.25) is 0 Å². The minimum Gasteiger partial charge on any atom is -0.369 e. The molecule has 4 N–H and O–H groups in total. The van der Waals surface area contributed by atoms with Crippen LogP contribution in [0.3, 0.4) is 0 Å². The van der Waals surface area contributed by atoms with E-state index in [9.17, 15) is 0 Å². The predicted octanol–water partition coefficient (Wildman–Crippen LogP) is 2.66. The van der Waals surface area contributed by atoms with Gasteiger partial charge in [0.05, 0.1) is 0 Å². The van der Waals surface area contributed by atoms with Gasteiger partial charge in [-0.25, -0.2) is 9.97 Å². The lowest BCUT2D eigenvalue weighted by Gasteiger charge is -2.09. The SMILES string of the molecule is Cc1cc(Nc2cc(NCCN)ncn2)ccc1Br. The highest BCUT2D eigenvalue weighted by Gasteiger charge is 2.01. The van der Waals surface area contributed by atoms with Gasteiger partial charge in [0.1, 0.15) is 18.0 Å². The molecule has 1 aromatic heterocycles. The molecule has 0 saturated heterocycles. The molecule has 2 rings (SSSR count). The molecule has 0 radical (unpaired) electrons. The van der Waals surface area contributed by atoms with Gasteiger partial charge in [0.2, 0.25) is 0 Å². The van der Waals surface area contributed by atoms with Crippen LogP contribution in [-0.4, -0.2) is 23.1 Å². The molecule has 0 aliphatic rings. The lowest BCUT2D eigenvalue weighted by molar-refractivity contribution is 1.00. The Morgan fingerprint density at radius 3 is 2.74 bits per heavy atom. The van der Waals surface area contributed by atoms with Crippen LogP contribution < -0.4 is 16.4 Å². The zero-order valence-corrected chi connectivity index (χ0v) is 12.2. The molecule has 5 nitrogen and oxygen atoms in total. The van der Waals surface area contributed by atoms with E-state index in [0.717, 1.165) is 21.8 Å². The van der Waals surface area contributed by atoms with Gasteiger partial charge in [0.25, 0.3) is 0 Å². The lowest BCUT2D eigenvalue weighted by atomic mass is 10.2. The van der Waals surface area contributed by atoms with Crippen LogP contribution in [0.2, 0.25) is 0 Å². The third-order valence-corrected chi connectivity index (χ3v) is 3.44. The Morgan fingerprint density at radius 2 is 2.00 bits per heavy atom. The smallest absolute Gasteiger partial charge is 0.135 e. The van der Waals surface area contributed by atoms with Crippen molar-refractivity contribution in [2.24, 2.45) is 5.73 Å². The first kappa shape index (κ1) is 13.8. The van der Waals surface area contributed by atoms with Crippen molar-refractivity contribution in [3.63, 3.8) is 0 Å². The molecule has 0 bridgehead atoms. The summed E-state index contributed by atoms with van der Waals surface area (Å²) in [4.78, 5) is 8.31. The highest BCUT2D eigenvalue weighted by molar-refractivity contribution is 9.10. The Hall–Kier alpha value is -1.66. The number of nitrogens with one attached hydrogen (secondary N) is 2. The fraction of sp³-hybridized carbons (Fsp3) is 0.231. The van der Waals surface area contributed by atoms with E-state index in [-0.39, 0.29) is 0 Å². The summed E-state index contributed by atoms with van der Waals surface area (Å²) in [5.41, 5.74) is 7.60. The molecule has 0 saturated carbocycles. The van der Waals surface area contributed by atoms with Crippen molar-refractivity contribution >= 4 is 33.3 Å². The van der Waals surface area contributed by atoms with E-state index in [1.807, 2.05) is 25.1 Å². The zero-order chi connectivity index (χ0) is 13.7. The molecular formula is C13H16BrN5. The second-order valence-electron chi connectivity index (χ2n) is 4.09. The average molecular weight is 322 g/mol. The first-order valence-corrected chi connectivity index (χ1v) is 6.77. The number of rotatable bonds is 5. The summed E-state index contributed by atoms with van der Waals surface area (Å²) >= 11 is 3.48. The normalized spacial score (nSPS) is 10.3. The molecule has 1 heterocycles. The monoisotopic (exact) mass is 321 g/mol. The van der Waals surface area contributed by atoms with Crippen LogP contribution in [0.25, 0.3) is 0 Å². The largest absolute Gasteiger partial charge is 0.369 e. The van der Waals surface area contributed by atoms with Gasteiger partial charge < -0.3 is 16.4 Å². The molecule has 0 unspecified atom stereocenters. The van der Waals surface area contributed by atoms with Crippen molar-refractivity contribution in [1.82, 2.24) is 9.97 Å². The Labute approximate surface area is 120 Å². The molecule has 0 fully saturated rings. The average Bonchev–Trinajstić information content (AvgIpc) is 2.41. The maximum atomic E-state index is 5.44. The summed E-state index contributed by atoms with van der Waals surface area (Å²) in [6, 6.07) is 7.91. The minimum atomic E-state index is 0.568. The van der Waals surface area contributed by atoms with Crippen molar-refractivity contribution in [1.29, 1.82) is 0 Å². The molecule has 0 aliphatic heterocycles.